The highest BCUT2D eigenvalue weighted by Crippen LogP contribution is 2.37. The number of nitrogens with zero attached hydrogens (tertiary/aromatic N) is 1. The third-order valence-corrected chi connectivity index (χ3v) is 6.28. The summed E-state index contributed by atoms with van der Waals surface area (Å²) >= 11 is 0. The molecule has 1 amide bonds. The fourth-order valence-electron chi connectivity index (χ4n) is 4.26. The second-order valence-electron chi connectivity index (χ2n) is 9.35. The number of rotatable bonds is 8. The third-order valence-electron chi connectivity index (χ3n) is 6.28. The number of primary amides is 1. The predicted molar refractivity (Wildman–Crippen MR) is 134 cm³/mol. The van der Waals surface area contributed by atoms with E-state index in [2.05, 4.69) is 16.7 Å². The van der Waals surface area contributed by atoms with Crippen molar-refractivity contribution in [2.45, 2.75) is 40.2 Å². The van der Waals surface area contributed by atoms with E-state index in [4.69, 9.17) is 5.73 Å². The molecule has 0 aliphatic carbocycles. The Morgan fingerprint density at radius 2 is 1.52 bits per heavy atom. The maximum Gasteiger partial charge on any atom is 0.224 e. The molecule has 0 bridgehead atoms. The number of aryl methyl sites for hydroxylation is 2. The van der Waals surface area contributed by atoms with Crippen molar-refractivity contribution in [3.05, 3.63) is 95.6 Å². The molecule has 2 N–H and O–H groups in total. The minimum atomic E-state index is -0.772. The zero-order chi connectivity index (χ0) is 23.6. The lowest BCUT2D eigenvalue weighted by Crippen LogP contribution is -2.35. The monoisotopic (exact) mass is 438 g/mol. The van der Waals surface area contributed by atoms with E-state index in [1.807, 2.05) is 87.5 Å². The molecule has 4 nitrogen and oxygen atoms in total. The molecule has 33 heavy (non-hydrogen) atoms. The first-order valence-corrected chi connectivity index (χ1v) is 11.3. The summed E-state index contributed by atoms with van der Waals surface area (Å²) in [6.45, 7) is 6.12. The van der Waals surface area contributed by atoms with Crippen molar-refractivity contribution in [2.24, 2.45) is 11.1 Å². The van der Waals surface area contributed by atoms with Crippen LogP contribution in [0.2, 0.25) is 0 Å². The molecule has 0 radical (unpaired) electrons. The summed E-state index contributed by atoms with van der Waals surface area (Å²) in [5.41, 5.74) is 10.7. The Morgan fingerprint density at radius 1 is 0.879 bits per heavy atom. The molecule has 0 spiro atoms. The number of carbonyl (C=O) groups excluding carboxylic acids is 2. The standard InChI is InChI=1S/C29H30N2O2/c1-20-13-16-22(17-14-20)27-26(25(32)18-15-21-9-5-4-6-10-21)23-11-7-8-12-24(23)31(27)19-29(2,3)28(30)33/h4-14,16-17H,15,18-19H2,1-3H3,(H2,30,33). The topological polar surface area (TPSA) is 65.1 Å². The second kappa shape index (κ2) is 9.07. The Hall–Kier alpha value is -3.66. The van der Waals surface area contributed by atoms with Crippen LogP contribution in [-0.2, 0) is 17.8 Å². The predicted octanol–water partition coefficient (Wildman–Crippen LogP) is 5.94. The van der Waals surface area contributed by atoms with Gasteiger partial charge in [-0.05, 0) is 44.4 Å². The fraction of sp³-hybridized carbons (Fsp3) is 0.241. The summed E-state index contributed by atoms with van der Waals surface area (Å²) in [6, 6.07) is 26.2. The van der Waals surface area contributed by atoms with E-state index < -0.39 is 5.41 Å². The van der Waals surface area contributed by atoms with Crippen molar-refractivity contribution >= 4 is 22.6 Å². The number of fused-ring (bicyclic) bond motifs is 1. The summed E-state index contributed by atoms with van der Waals surface area (Å²) in [5, 5.41) is 0.909. The SMILES string of the molecule is Cc1ccc(-c2c(C(=O)CCc3ccccc3)c3ccccc3n2CC(C)(C)C(N)=O)cc1. The van der Waals surface area contributed by atoms with Gasteiger partial charge in [0, 0.05) is 23.9 Å². The number of aromatic nitrogens is 1. The summed E-state index contributed by atoms with van der Waals surface area (Å²) < 4.78 is 2.10. The molecule has 0 saturated heterocycles. The normalized spacial score (nSPS) is 11.6. The summed E-state index contributed by atoms with van der Waals surface area (Å²) in [4.78, 5) is 25.9. The number of nitrogens with two attached hydrogens (primary N) is 1. The van der Waals surface area contributed by atoms with E-state index in [1.54, 1.807) is 0 Å². The number of ketones is 1. The summed E-state index contributed by atoms with van der Waals surface area (Å²) in [7, 11) is 0. The molecule has 4 heteroatoms. The Morgan fingerprint density at radius 3 is 2.18 bits per heavy atom. The summed E-state index contributed by atoms with van der Waals surface area (Å²) in [5.74, 6) is -0.270. The molecule has 3 aromatic carbocycles. The van der Waals surface area contributed by atoms with Crippen molar-refractivity contribution in [3.63, 3.8) is 0 Å². The number of amides is 1. The van der Waals surface area contributed by atoms with Gasteiger partial charge in [0.05, 0.1) is 16.7 Å². The minimum absolute atomic E-state index is 0.0984. The molecule has 1 aromatic heterocycles. The first-order valence-electron chi connectivity index (χ1n) is 11.3. The highest BCUT2D eigenvalue weighted by Gasteiger charge is 2.30. The Bertz CT molecular complexity index is 1300. The molecular formula is C29H30N2O2. The van der Waals surface area contributed by atoms with E-state index in [0.29, 0.717) is 24.9 Å². The highest BCUT2D eigenvalue weighted by molar-refractivity contribution is 6.13. The van der Waals surface area contributed by atoms with Crippen LogP contribution in [0, 0.1) is 12.3 Å². The average molecular weight is 439 g/mol. The van der Waals surface area contributed by atoms with Crippen LogP contribution >= 0.6 is 0 Å². The Kier molecular flexibility index (Phi) is 6.19. The lowest BCUT2D eigenvalue weighted by atomic mass is 9.92. The largest absolute Gasteiger partial charge is 0.369 e. The molecule has 1 heterocycles. The van der Waals surface area contributed by atoms with Gasteiger partial charge in [-0.15, -0.1) is 0 Å². The van der Waals surface area contributed by atoms with Crippen LogP contribution in [0.25, 0.3) is 22.2 Å². The Balaban J connectivity index is 1.89. The molecule has 0 fully saturated rings. The van der Waals surface area contributed by atoms with Gasteiger partial charge in [0.25, 0.3) is 0 Å². The molecule has 0 unspecified atom stereocenters. The number of hydrogen-bond acceptors (Lipinski definition) is 2. The van der Waals surface area contributed by atoms with Gasteiger partial charge in [-0.2, -0.15) is 0 Å². The summed E-state index contributed by atoms with van der Waals surface area (Å²) in [6.07, 6.45) is 1.09. The number of Topliss-reactive ketones (excluding diaryl/α,β-unsaturated/α-hetero) is 1. The van der Waals surface area contributed by atoms with Crippen LogP contribution in [0.15, 0.2) is 78.9 Å². The van der Waals surface area contributed by atoms with Crippen molar-refractivity contribution in [3.8, 4) is 11.3 Å². The van der Waals surface area contributed by atoms with Gasteiger partial charge in [-0.25, -0.2) is 0 Å². The van der Waals surface area contributed by atoms with Gasteiger partial charge < -0.3 is 10.3 Å². The van der Waals surface area contributed by atoms with Crippen molar-refractivity contribution in [1.29, 1.82) is 0 Å². The van der Waals surface area contributed by atoms with Gasteiger partial charge in [-0.1, -0.05) is 78.4 Å². The minimum Gasteiger partial charge on any atom is -0.369 e. The van der Waals surface area contributed by atoms with E-state index >= 15 is 0 Å². The van der Waals surface area contributed by atoms with Crippen LogP contribution in [0.5, 0.6) is 0 Å². The maximum atomic E-state index is 13.7. The molecule has 4 rings (SSSR count). The van der Waals surface area contributed by atoms with Gasteiger partial charge in [0.1, 0.15) is 0 Å². The number of para-hydroxylation sites is 1. The van der Waals surface area contributed by atoms with Crippen LogP contribution in [0.3, 0.4) is 0 Å². The third kappa shape index (κ3) is 4.61. The van der Waals surface area contributed by atoms with Gasteiger partial charge >= 0.3 is 0 Å². The van der Waals surface area contributed by atoms with Crippen molar-refractivity contribution in [1.82, 2.24) is 4.57 Å². The second-order valence-corrected chi connectivity index (χ2v) is 9.35. The molecule has 0 aliphatic rings. The quantitative estimate of drug-likeness (QED) is 0.346. The van der Waals surface area contributed by atoms with Crippen molar-refractivity contribution < 1.29 is 9.59 Å². The zero-order valence-corrected chi connectivity index (χ0v) is 19.5. The zero-order valence-electron chi connectivity index (χ0n) is 19.5. The first-order chi connectivity index (χ1) is 15.8. The van der Waals surface area contributed by atoms with E-state index in [9.17, 15) is 9.59 Å². The van der Waals surface area contributed by atoms with Crippen LogP contribution in [-0.4, -0.2) is 16.3 Å². The number of carbonyl (C=O) groups is 2. The number of benzene rings is 3. The molecule has 0 atom stereocenters. The molecular weight excluding hydrogens is 408 g/mol. The van der Waals surface area contributed by atoms with E-state index in [0.717, 1.165) is 33.3 Å². The Labute approximate surface area is 195 Å². The fourth-order valence-corrected chi connectivity index (χ4v) is 4.26. The molecule has 0 saturated carbocycles. The lowest BCUT2D eigenvalue weighted by molar-refractivity contribution is -0.126. The lowest BCUT2D eigenvalue weighted by Gasteiger charge is -2.24. The van der Waals surface area contributed by atoms with E-state index in [-0.39, 0.29) is 11.7 Å². The first kappa shape index (κ1) is 22.5. The smallest absolute Gasteiger partial charge is 0.224 e. The maximum absolute atomic E-state index is 13.7. The molecule has 0 aliphatic heterocycles. The van der Waals surface area contributed by atoms with Gasteiger partial charge in [0.2, 0.25) is 5.91 Å². The van der Waals surface area contributed by atoms with Crippen LogP contribution in [0.4, 0.5) is 0 Å². The number of hydrogen-bond donors (Lipinski definition) is 1. The van der Waals surface area contributed by atoms with Gasteiger partial charge in [-0.3, -0.25) is 9.59 Å². The van der Waals surface area contributed by atoms with E-state index in [1.165, 1.54) is 0 Å². The van der Waals surface area contributed by atoms with Crippen LogP contribution in [0.1, 0.15) is 41.8 Å². The van der Waals surface area contributed by atoms with Crippen LogP contribution < -0.4 is 5.73 Å². The van der Waals surface area contributed by atoms with Crippen molar-refractivity contribution in [2.75, 3.05) is 0 Å². The van der Waals surface area contributed by atoms with Gasteiger partial charge in [0.15, 0.2) is 5.78 Å². The molecule has 4 aromatic rings. The highest BCUT2D eigenvalue weighted by atomic mass is 16.1. The molecule has 168 valence electrons. The average Bonchev–Trinajstić information content (AvgIpc) is 3.12.